The fourth-order valence-corrected chi connectivity index (χ4v) is 5.41. The Labute approximate surface area is 255 Å². The summed E-state index contributed by atoms with van der Waals surface area (Å²) in [5.74, 6) is -2.03. The summed E-state index contributed by atoms with van der Waals surface area (Å²) in [5, 5.41) is 6.30. The summed E-state index contributed by atoms with van der Waals surface area (Å²) >= 11 is 0. The number of primary amides is 1. The molecule has 1 aliphatic heterocycles. The van der Waals surface area contributed by atoms with Crippen LogP contribution in [0.4, 0.5) is 0 Å². The zero-order valence-electron chi connectivity index (χ0n) is 26.5. The molecule has 1 aliphatic rings. The Morgan fingerprint density at radius 3 is 2.49 bits per heavy atom. The van der Waals surface area contributed by atoms with Crippen LogP contribution in [0.3, 0.4) is 0 Å². The van der Waals surface area contributed by atoms with Gasteiger partial charge in [-0.05, 0) is 74.3 Å². The van der Waals surface area contributed by atoms with E-state index in [2.05, 4.69) is 53.8 Å². The van der Waals surface area contributed by atoms with E-state index in [0.717, 1.165) is 30.3 Å². The molecule has 2 heterocycles. The van der Waals surface area contributed by atoms with Crippen molar-refractivity contribution in [2.24, 2.45) is 17.6 Å². The van der Waals surface area contributed by atoms with E-state index >= 15 is 0 Å². The van der Waals surface area contributed by atoms with E-state index in [1.807, 2.05) is 13.1 Å². The first-order chi connectivity index (χ1) is 20.4. The summed E-state index contributed by atoms with van der Waals surface area (Å²) in [7, 11) is 0. The lowest BCUT2D eigenvalue weighted by atomic mass is 9.95. The molecular weight excluding hydrogens is 546 g/mol. The topological polar surface area (TPSA) is 144 Å². The van der Waals surface area contributed by atoms with Crippen LogP contribution < -0.4 is 16.5 Å². The second-order valence-corrected chi connectivity index (χ2v) is 12.4. The lowest BCUT2D eigenvalue weighted by Crippen LogP contribution is -2.60. The van der Waals surface area contributed by atoms with Crippen LogP contribution in [0.1, 0.15) is 97.2 Å². The Bertz CT molecular complexity index is 1280. The second kappa shape index (κ2) is 15.8. The van der Waals surface area contributed by atoms with Gasteiger partial charge < -0.3 is 15.8 Å². The number of pyridine rings is 1. The molecule has 1 aromatic heterocycles. The normalized spacial score (nSPS) is 17.5. The summed E-state index contributed by atoms with van der Waals surface area (Å²) in [5.41, 5.74) is 10.5. The van der Waals surface area contributed by atoms with E-state index in [-0.39, 0.29) is 17.7 Å². The number of benzene rings is 1. The number of aryl methyl sites for hydroxylation is 1. The number of hydrazine groups is 1. The third-order valence-corrected chi connectivity index (χ3v) is 8.06. The first-order valence-electron chi connectivity index (χ1n) is 15.7. The standard InChI is InChI=1S/C33H49N5O5/c1-7-10-23(11-8-12-27-18-26-17-24(20(2)3)14-15-25(26)19-35-27)33(42)43-29(21(4)5)31(40)36-22(6)32(41)38-16-9-13-28(37-38)30(34)39/h14-15,17-23,28-29,37H,7-13,16H2,1-6H3,(H2,34,39)(H,36,40). The van der Waals surface area contributed by atoms with Gasteiger partial charge in [0.05, 0.1) is 5.92 Å². The zero-order valence-corrected chi connectivity index (χ0v) is 26.5. The molecule has 236 valence electrons. The predicted molar refractivity (Wildman–Crippen MR) is 167 cm³/mol. The molecule has 0 aliphatic carbocycles. The number of hydrogen-bond acceptors (Lipinski definition) is 7. The van der Waals surface area contributed by atoms with Crippen molar-refractivity contribution in [3.05, 3.63) is 41.7 Å². The first-order valence-corrected chi connectivity index (χ1v) is 15.7. The van der Waals surface area contributed by atoms with Gasteiger partial charge in [-0.2, -0.15) is 0 Å². The van der Waals surface area contributed by atoms with Gasteiger partial charge in [-0.25, -0.2) is 5.43 Å². The first kappa shape index (κ1) is 34.0. The van der Waals surface area contributed by atoms with Gasteiger partial charge in [-0.15, -0.1) is 0 Å². The van der Waals surface area contributed by atoms with Crippen molar-refractivity contribution in [3.63, 3.8) is 0 Å². The summed E-state index contributed by atoms with van der Waals surface area (Å²) in [6, 6.07) is 7.08. The van der Waals surface area contributed by atoms with Crippen molar-refractivity contribution in [3.8, 4) is 0 Å². The Balaban J connectivity index is 1.58. The maximum Gasteiger partial charge on any atom is 0.309 e. The van der Waals surface area contributed by atoms with Crippen molar-refractivity contribution in [1.29, 1.82) is 0 Å². The number of ether oxygens (including phenoxy) is 1. The molecule has 0 saturated carbocycles. The van der Waals surface area contributed by atoms with Crippen LogP contribution in [0.25, 0.3) is 10.8 Å². The highest BCUT2D eigenvalue weighted by Crippen LogP contribution is 2.24. The predicted octanol–water partition coefficient (Wildman–Crippen LogP) is 4.15. The average Bonchev–Trinajstić information content (AvgIpc) is 2.98. The van der Waals surface area contributed by atoms with Crippen molar-refractivity contribution in [2.75, 3.05) is 6.54 Å². The average molecular weight is 596 g/mol. The largest absolute Gasteiger partial charge is 0.452 e. The molecule has 3 amide bonds. The van der Waals surface area contributed by atoms with Crippen molar-refractivity contribution >= 4 is 34.5 Å². The van der Waals surface area contributed by atoms with Gasteiger partial charge in [-0.1, -0.05) is 59.2 Å². The molecule has 43 heavy (non-hydrogen) atoms. The van der Waals surface area contributed by atoms with Crippen LogP contribution >= 0.6 is 0 Å². The number of rotatable bonds is 14. The van der Waals surface area contributed by atoms with Gasteiger partial charge in [0.15, 0.2) is 6.10 Å². The Morgan fingerprint density at radius 2 is 1.84 bits per heavy atom. The van der Waals surface area contributed by atoms with Gasteiger partial charge in [0.2, 0.25) is 5.91 Å². The fraction of sp³-hybridized carbons (Fsp3) is 0.606. The SMILES string of the molecule is CCCC(CCCc1cc2cc(C(C)C)ccc2cn1)C(=O)OC(C(=O)NC(C)C(=O)N1CCCC(C(N)=O)N1)C(C)C. The molecule has 3 rings (SSSR count). The monoisotopic (exact) mass is 595 g/mol. The minimum Gasteiger partial charge on any atom is -0.452 e. The van der Waals surface area contributed by atoms with E-state index in [4.69, 9.17) is 10.5 Å². The summed E-state index contributed by atoms with van der Waals surface area (Å²) in [4.78, 5) is 55.6. The molecule has 4 N–H and O–H groups in total. The summed E-state index contributed by atoms with van der Waals surface area (Å²) in [6.07, 6.45) is 5.63. The highest BCUT2D eigenvalue weighted by Gasteiger charge is 2.34. The molecule has 1 fully saturated rings. The number of carbonyl (C=O) groups is 4. The number of esters is 1. The maximum absolute atomic E-state index is 13.3. The van der Waals surface area contributed by atoms with Crippen LogP contribution in [0.2, 0.25) is 0 Å². The van der Waals surface area contributed by atoms with E-state index in [1.165, 1.54) is 16.0 Å². The van der Waals surface area contributed by atoms with Gasteiger partial charge in [0.1, 0.15) is 12.1 Å². The lowest BCUT2D eigenvalue weighted by molar-refractivity contribution is -0.163. The molecule has 1 aromatic carbocycles. The molecule has 1 saturated heterocycles. The molecule has 10 nitrogen and oxygen atoms in total. The highest BCUT2D eigenvalue weighted by molar-refractivity contribution is 5.90. The number of fused-ring (bicyclic) bond motifs is 1. The third kappa shape index (κ3) is 9.48. The number of nitrogens with two attached hydrogens (primary N) is 1. The van der Waals surface area contributed by atoms with Crippen LogP contribution in [-0.2, 0) is 30.3 Å². The number of carbonyl (C=O) groups excluding carboxylic acids is 4. The third-order valence-electron chi connectivity index (χ3n) is 8.06. The van der Waals surface area contributed by atoms with Crippen molar-refractivity contribution < 1.29 is 23.9 Å². The quantitative estimate of drug-likeness (QED) is 0.278. The minimum absolute atomic E-state index is 0.293. The van der Waals surface area contributed by atoms with Crippen LogP contribution in [0, 0.1) is 11.8 Å². The van der Waals surface area contributed by atoms with E-state index < -0.39 is 36.0 Å². The van der Waals surface area contributed by atoms with Gasteiger partial charge in [-0.3, -0.25) is 29.2 Å². The smallest absolute Gasteiger partial charge is 0.309 e. The summed E-state index contributed by atoms with van der Waals surface area (Å²) in [6.45, 7) is 12.0. The van der Waals surface area contributed by atoms with E-state index in [0.29, 0.717) is 38.1 Å². The molecule has 0 bridgehead atoms. The highest BCUT2D eigenvalue weighted by atomic mass is 16.5. The number of aromatic nitrogens is 1. The Kier molecular flexibility index (Phi) is 12.5. The van der Waals surface area contributed by atoms with Gasteiger partial charge in [0.25, 0.3) is 11.8 Å². The molecular formula is C33H49N5O5. The lowest BCUT2D eigenvalue weighted by Gasteiger charge is -2.34. The number of nitrogens with zero attached hydrogens (tertiary/aromatic N) is 2. The Hall–Kier alpha value is -3.53. The summed E-state index contributed by atoms with van der Waals surface area (Å²) < 4.78 is 5.79. The van der Waals surface area contributed by atoms with Crippen molar-refractivity contribution in [1.82, 2.24) is 20.7 Å². The molecule has 2 aromatic rings. The van der Waals surface area contributed by atoms with Gasteiger partial charge in [0, 0.05) is 23.8 Å². The van der Waals surface area contributed by atoms with Crippen LogP contribution in [0.5, 0.6) is 0 Å². The van der Waals surface area contributed by atoms with E-state index in [1.54, 1.807) is 20.8 Å². The van der Waals surface area contributed by atoms with Crippen molar-refractivity contribution in [2.45, 2.75) is 111 Å². The second-order valence-electron chi connectivity index (χ2n) is 12.4. The van der Waals surface area contributed by atoms with E-state index in [9.17, 15) is 19.2 Å². The molecule has 0 spiro atoms. The number of hydrogen-bond donors (Lipinski definition) is 3. The van der Waals surface area contributed by atoms with Gasteiger partial charge >= 0.3 is 5.97 Å². The number of amides is 3. The fourth-order valence-electron chi connectivity index (χ4n) is 5.41. The molecule has 0 radical (unpaired) electrons. The molecule has 4 unspecified atom stereocenters. The Morgan fingerprint density at radius 1 is 1.09 bits per heavy atom. The maximum atomic E-state index is 13.3. The molecule has 4 atom stereocenters. The molecule has 10 heteroatoms. The van der Waals surface area contributed by atoms with Crippen LogP contribution in [-0.4, -0.2) is 58.4 Å². The zero-order chi connectivity index (χ0) is 31.7. The van der Waals surface area contributed by atoms with Crippen LogP contribution in [0.15, 0.2) is 30.5 Å². The number of nitrogens with one attached hydrogen (secondary N) is 2. The minimum atomic E-state index is -1.04.